The minimum atomic E-state index is -0.281. The third kappa shape index (κ3) is 1.34. The van der Waals surface area contributed by atoms with Crippen molar-refractivity contribution in [3.63, 3.8) is 0 Å². The van der Waals surface area contributed by atoms with Crippen molar-refractivity contribution >= 4 is 0 Å². The minimum Gasteiger partial charge on any atom is -0.367 e. The SMILES string of the molecule is C[C@@H](N)[C@@H]1OCc2cccc(F)c21. The summed E-state index contributed by atoms with van der Waals surface area (Å²) in [5.74, 6) is -0.211. The van der Waals surface area contributed by atoms with Gasteiger partial charge in [0.1, 0.15) is 11.9 Å². The van der Waals surface area contributed by atoms with Gasteiger partial charge in [-0.1, -0.05) is 12.1 Å². The zero-order valence-electron chi connectivity index (χ0n) is 7.46. The zero-order valence-corrected chi connectivity index (χ0v) is 7.46. The molecule has 0 amide bonds. The largest absolute Gasteiger partial charge is 0.367 e. The molecule has 0 aromatic heterocycles. The van der Waals surface area contributed by atoms with Crippen LogP contribution in [0.2, 0.25) is 0 Å². The van der Waals surface area contributed by atoms with Crippen LogP contribution in [-0.2, 0) is 11.3 Å². The second-order valence-corrected chi connectivity index (χ2v) is 3.40. The molecular formula is C10H12FNO. The van der Waals surface area contributed by atoms with E-state index < -0.39 is 0 Å². The van der Waals surface area contributed by atoms with Crippen LogP contribution in [0, 0.1) is 5.82 Å². The fourth-order valence-corrected chi connectivity index (χ4v) is 1.70. The lowest BCUT2D eigenvalue weighted by molar-refractivity contribution is 0.0502. The van der Waals surface area contributed by atoms with Crippen LogP contribution in [-0.4, -0.2) is 6.04 Å². The molecule has 0 aliphatic carbocycles. The number of nitrogens with two attached hydrogens (primary N) is 1. The standard InChI is InChI=1S/C10H12FNO/c1-6(12)10-9-7(5-13-10)3-2-4-8(9)11/h2-4,6,10H,5,12H2,1H3/t6-,10+/m1/s1. The van der Waals surface area contributed by atoms with Crippen molar-refractivity contribution in [1.29, 1.82) is 0 Å². The summed E-state index contributed by atoms with van der Waals surface area (Å²) in [5, 5.41) is 0. The highest BCUT2D eigenvalue weighted by Crippen LogP contribution is 2.33. The Morgan fingerprint density at radius 3 is 3.08 bits per heavy atom. The van der Waals surface area contributed by atoms with Crippen molar-refractivity contribution in [3.8, 4) is 0 Å². The molecule has 2 rings (SSSR count). The van der Waals surface area contributed by atoms with Gasteiger partial charge in [-0.15, -0.1) is 0 Å². The molecule has 1 aromatic rings. The van der Waals surface area contributed by atoms with E-state index in [1.54, 1.807) is 6.07 Å². The smallest absolute Gasteiger partial charge is 0.129 e. The van der Waals surface area contributed by atoms with Crippen molar-refractivity contribution in [2.24, 2.45) is 5.73 Å². The maximum Gasteiger partial charge on any atom is 0.129 e. The van der Waals surface area contributed by atoms with Gasteiger partial charge in [-0.25, -0.2) is 4.39 Å². The molecule has 3 heteroatoms. The lowest BCUT2D eigenvalue weighted by atomic mass is 10.0. The van der Waals surface area contributed by atoms with Gasteiger partial charge in [0.05, 0.1) is 6.61 Å². The van der Waals surface area contributed by atoms with Gasteiger partial charge in [-0.2, -0.15) is 0 Å². The number of hydrogen-bond acceptors (Lipinski definition) is 2. The van der Waals surface area contributed by atoms with Crippen LogP contribution >= 0.6 is 0 Å². The molecule has 2 N–H and O–H groups in total. The molecule has 1 aromatic carbocycles. The summed E-state index contributed by atoms with van der Waals surface area (Å²) in [7, 11) is 0. The summed E-state index contributed by atoms with van der Waals surface area (Å²) in [6, 6.07) is 4.85. The highest BCUT2D eigenvalue weighted by Gasteiger charge is 2.28. The first kappa shape index (κ1) is 8.66. The average Bonchev–Trinajstić information content (AvgIpc) is 2.49. The molecule has 13 heavy (non-hydrogen) atoms. The first-order valence-electron chi connectivity index (χ1n) is 4.34. The predicted octanol–water partition coefficient (Wildman–Crippen LogP) is 1.74. The maximum absolute atomic E-state index is 13.4. The van der Waals surface area contributed by atoms with Gasteiger partial charge >= 0.3 is 0 Å². The Kier molecular flexibility index (Phi) is 2.06. The van der Waals surface area contributed by atoms with E-state index in [2.05, 4.69) is 0 Å². The van der Waals surface area contributed by atoms with Crippen molar-refractivity contribution in [2.45, 2.75) is 25.7 Å². The number of halogens is 1. The number of hydrogen-bond donors (Lipinski definition) is 1. The molecule has 0 radical (unpaired) electrons. The average molecular weight is 181 g/mol. The van der Waals surface area contributed by atoms with Gasteiger partial charge in [0.2, 0.25) is 0 Å². The molecule has 0 saturated heterocycles. The summed E-state index contributed by atoms with van der Waals surface area (Å²) in [6.45, 7) is 2.30. The van der Waals surface area contributed by atoms with Crippen molar-refractivity contribution < 1.29 is 9.13 Å². The molecule has 0 unspecified atom stereocenters. The van der Waals surface area contributed by atoms with Crippen LogP contribution in [0.25, 0.3) is 0 Å². The molecule has 0 bridgehead atoms. The van der Waals surface area contributed by atoms with Gasteiger partial charge in [-0.05, 0) is 18.6 Å². The summed E-state index contributed by atoms with van der Waals surface area (Å²) < 4.78 is 18.8. The monoisotopic (exact) mass is 181 g/mol. The second kappa shape index (κ2) is 3.09. The Morgan fingerprint density at radius 2 is 2.38 bits per heavy atom. The van der Waals surface area contributed by atoms with E-state index in [9.17, 15) is 4.39 Å². The van der Waals surface area contributed by atoms with E-state index >= 15 is 0 Å². The van der Waals surface area contributed by atoms with Crippen LogP contribution in [0.5, 0.6) is 0 Å². The van der Waals surface area contributed by atoms with Crippen molar-refractivity contribution in [3.05, 3.63) is 35.1 Å². The number of fused-ring (bicyclic) bond motifs is 1. The summed E-state index contributed by atoms with van der Waals surface area (Å²) >= 11 is 0. The predicted molar refractivity (Wildman–Crippen MR) is 47.6 cm³/mol. The molecule has 0 fully saturated rings. The molecule has 0 spiro atoms. The third-order valence-corrected chi connectivity index (χ3v) is 2.32. The lowest BCUT2D eigenvalue weighted by Gasteiger charge is -2.15. The molecule has 1 aliphatic heterocycles. The Labute approximate surface area is 76.5 Å². The fraction of sp³-hybridized carbons (Fsp3) is 0.400. The van der Waals surface area contributed by atoms with E-state index in [1.165, 1.54) is 6.07 Å². The van der Waals surface area contributed by atoms with Gasteiger partial charge in [0.25, 0.3) is 0 Å². The van der Waals surface area contributed by atoms with Gasteiger partial charge in [0.15, 0.2) is 0 Å². The van der Waals surface area contributed by atoms with Crippen LogP contribution in [0.1, 0.15) is 24.2 Å². The van der Waals surface area contributed by atoms with E-state index in [-0.39, 0.29) is 18.0 Å². The molecular weight excluding hydrogens is 169 g/mol. The topological polar surface area (TPSA) is 35.2 Å². The highest BCUT2D eigenvalue weighted by atomic mass is 19.1. The third-order valence-electron chi connectivity index (χ3n) is 2.32. The lowest BCUT2D eigenvalue weighted by Crippen LogP contribution is -2.24. The van der Waals surface area contributed by atoms with Gasteiger partial charge in [0, 0.05) is 11.6 Å². The van der Waals surface area contributed by atoms with E-state index in [1.807, 2.05) is 13.0 Å². The van der Waals surface area contributed by atoms with Gasteiger partial charge in [-0.3, -0.25) is 0 Å². The van der Waals surface area contributed by atoms with E-state index in [0.29, 0.717) is 12.2 Å². The van der Waals surface area contributed by atoms with E-state index in [4.69, 9.17) is 10.5 Å². The van der Waals surface area contributed by atoms with Crippen LogP contribution < -0.4 is 5.73 Å². The molecule has 1 heterocycles. The maximum atomic E-state index is 13.4. The minimum absolute atomic E-state index is 0.168. The normalized spacial score (nSPS) is 22.8. The number of rotatable bonds is 1. The molecule has 70 valence electrons. The van der Waals surface area contributed by atoms with Gasteiger partial charge < -0.3 is 10.5 Å². The van der Waals surface area contributed by atoms with Crippen LogP contribution in [0.4, 0.5) is 4.39 Å². The Hall–Kier alpha value is -0.930. The number of ether oxygens (including phenoxy) is 1. The molecule has 2 atom stereocenters. The molecule has 1 aliphatic rings. The molecule has 0 saturated carbocycles. The summed E-state index contributed by atoms with van der Waals surface area (Å²) in [6.07, 6.45) is -0.281. The fourth-order valence-electron chi connectivity index (χ4n) is 1.70. The highest BCUT2D eigenvalue weighted by molar-refractivity contribution is 5.33. The second-order valence-electron chi connectivity index (χ2n) is 3.40. The molecule has 2 nitrogen and oxygen atoms in total. The Bertz CT molecular complexity index is 325. The first-order chi connectivity index (χ1) is 6.20. The number of benzene rings is 1. The van der Waals surface area contributed by atoms with Crippen LogP contribution in [0.15, 0.2) is 18.2 Å². The van der Waals surface area contributed by atoms with Crippen molar-refractivity contribution in [1.82, 2.24) is 0 Å². The zero-order chi connectivity index (χ0) is 9.42. The summed E-state index contributed by atoms with van der Waals surface area (Å²) in [4.78, 5) is 0. The van der Waals surface area contributed by atoms with E-state index in [0.717, 1.165) is 5.56 Å². The Morgan fingerprint density at radius 1 is 1.62 bits per heavy atom. The Balaban J connectivity index is 2.46. The van der Waals surface area contributed by atoms with Crippen LogP contribution in [0.3, 0.4) is 0 Å². The van der Waals surface area contributed by atoms with Crippen molar-refractivity contribution in [2.75, 3.05) is 0 Å². The first-order valence-corrected chi connectivity index (χ1v) is 4.34. The quantitative estimate of drug-likeness (QED) is 0.716. The summed E-state index contributed by atoms with van der Waals surface area (Å²) in [5.41, 5.74) is 7.25.